The summed E-state index contributed by atoms with van der Waals surface area (Å²) in [5, 5.41) is 7.27. The molecule has 3 atom stereocenters. The van der Waals surface area contributed by atoms with Gasteiger partial charge < -0.3 is 10.6 Å². The fourth-order valence-corrected chi connectivity index (χ4v) is 4.28. The van der Waals surface area contributed by atoms with Gasteiger partial charge in [-0.1, -0.05) is 13.3 Å². The fourth-order valence-electron chi connectivity index (χ4n) is 3.08. The monoisotopic (exact) mass is 306 g/mol. The van der Waals surface area contributed by atoms with Crippen LogP contribution in [0.25, 0.3) is 0 Å². The van der Waals surface area contributed by atoms with Crippen LogP contribution < -0.4 is 10.6 Å². The third kappa shape index (κ3) is 5.52. The molecule has 19 heavy (non-hydrogen) atoms. The lowest BCUT2D eigenvalue weighted by molar-refractivity contribution is -0.122. The van der Waals surface area contributed by atoms with Crippen LogP contribution in [-0.4, -0.2) is 36.0 Å². The lowest BCUT2D eigenvalue weighted by atomic mass is 10.0. The van der Waals surface area contributed by atoms with Gasteiger partial charge in [0.2, 0.25) is 5.91 Å². The van der Waals surface area contributed by atoms with Crippen molar-refractivity contribution in [3.05, 3.63) is 0 Å². The minimum Gasteiger partial charge on any atom is -0.352 e. The van der Waals surface area contributed by atoms with E-state index in [1.165, 1.54) is 25.7 Å². The van der Waals surface area contributed by atoms with Crippen LogP contribution in [0.4, 0.5) is 0 Å². The number of carbonyl (C=O) groups is 1. The minimum absolute atomic E-state index is 0. The van der Waals surface area contributed by atoms with Crippen LogP contribution in [0.2, 0.25) is 0 Å². The van der Waals surface area contributed by atoms with Gasteiger partial charge in [-0.25, -0.2) is 0 Å². The molecular formula is C14H27ClN2OS. The number of hydrogen-bond acceptors (Lipinski definition) is 3. The van der Waals surface area contributed by atoms with Gasteiger partial charge in [-0.15, -0.1) is 12.4 Å². The van der Waals surface area contributed by atoms with Crippen molar-refractivity contribution in [1.29, 1.82) is 0 Å². The van der Waals surface area contributed by atoms with Crippen molar-refractivity contribution in [3.8, 4) is 0 Å². The Morgan fingerprint density at radius 2 is 2.21 bits per heavy atom. The number of amides is 1. The van der Waals surface area contributed by atoms with E-state index in [-0.39, 0.29) is 18.3 Å². The van der Waals surface area contributed by atoms with Crippen LogP contribution in [0.5, 0.6) is 0 Å². The lowest BCUT2D eigenvalue weighted by Crippen LogP contribution is -2.38. The molecule has 0 aromatic carbocycles. The zero-order valence-corrected chi connectivity index (χ0v) is 13.5. The summed E-state index contributed by atoms with van der Waals surface area (Å²) in [6.45, 7) is 4.43. The first-order chi connectivity index (χ1) is 8.79. The Bertz CT molecular complexity index is 272. The Kier molecular flexibility index (Phi) is 8.19. The zero-order valence-electron chi connectivity index (χ0n) is 11.8. The second kappa shape index (κ2) is 9.09. The van der Waals surface area contributed by atoms with Gasteiger partial charge in [0.15, 0.2) is 0 Å². The molecule has 112 valence electrons. The first-order valence-electron chi connectivity index (χ1n) is 7.41. The number of thioether (sulfide) groups is 1. The van der Waals surface area contributed by atoms with Crippen molar-refractivity contribution in [2.45, 2.75) is 56.7 Å². The Balaban J connectivity index is 0.00000180. The van der Waals surface area contributed by atoms with Gasteiger partial charge in [-0.3, -0.25) is 4.79 Å². The Labute approximate surface area is 127 Å². The van der Waals surface area contributed by atoms with Gasteiger partial charge in [0.25, 0.3) is 0 Å². The third-order valence-corrected chi connectivity index (χ3v) is 5.45. The molecule has 0 aromatic rings. The molecule has 1 saturated carbocycles. The van der Waals surface area contributed by atoms with E-state index in [1.807, 2.05) is 11.8 Å². The normalized spacial score (nSPS) is 30.1. The predicted molar refractivity (Wildman–Crippen MR) is 85.2 cm³/mol. The van der Waals surface area contributed by atoms with Crippen molar-refractivity contribution in [2.24, 2.45) is 5.92 Å². The summed E-state index contributed by atoms with van der Waals surface area (Å²) in [7, 11) is 0. The molecule has 0 bridgehead atoms. The van der Waals surface area contributed by atoms with Gasteiger partial charge in [-0.05, 0) is 50.4 Å². The Morgan fingerprint density at radius 1 is 1.37 bits per heavy atom. The van der Waals surface area contributed by atoms with Gasteiger partial charge in [0.1, 0.15) is 0 Å². The molecule has 1 aliphatic carbocycles. The summed E-state index contributed by atoms with van der Waals surface area (Å²) in [5.74, 6) is 2.15. The van der Waals surface area contributed by atoms with Crippen LogP contribution in [0.1, 0.15) is 45.4 Å². The molecule has 2 rings (SSSR count). The topological polar surface area (TPSA) is 41.1 Å². The smallest absolute Gasteiger partial charge is 0.220 e. The molecular weight excluding hydrogens is 280 g/mol. The lowest BCUT2D eigenvalue weighted by Gasteiger charge is -2.20. The number of halogens is 1. The van der Waals surface area contributed by atoms with Crippen LogP contribution in [0.15, 0.2) is 0 Å². The van der Waals surface area contributed by atoms with E-state index in [1.54, 1.807) is 0 Å². The first-order valence-corrected chi connectivity index (χ1v) is 8.46. The van der Waals surface area contributed by atoms with Crippen LogP contribution in [-0.2, 0) is 4.79 Å². The van der Waals surface area contributed by atoms with E-state index in [2.05, 4.69) is 17.6 Å². The van der Waals surface area contributed by atoms with Crippen LogP contribution >= 0.6 is 24.2 Å². The molecule has 1 heterocycles. The Hall–Kier alpha value is 0.0700. The number of nitrogens with one attached hydrogen (secondary N) is 2. The van der Waals surface area contributed by atoms with E-state index in [0.717, 1.165) is 31.2 Å². The molecule has 1 saturated heterocycles. The zero-order chi connectivity index (χ0) is 12.8. The maximum atomic E-state index is 12.0. The number of rotatable bonds is 6. The fraction of sp³-hybridized carbons (Fsp3) is 0.929. The summed E-state index contributed by atoms with van der Waals surface area (Å²) in [6.07, 6.45) is 6.73. The van der Waals surface area contributed by atoms with E-state index in [4.69, 9.17) is 0 Å². The molecule has 0 aromatic heterocycles. The van der Waals surface area contributed by atoms with Crippen molar-refractivity contribution < 1.29 is 4.79 Å². The van der Waals surface area contributed by atoms with Gasteiger partial charge >= 0.3 is 0 Å². The highest BCUT2D eigenvalue weighted by molar-refractivity contribution is 7.99. The van der Waals surface area contributed by atoms with Gasteiger partial charge in [0.05, 0.1) is 0 Å². The number of carbonyl (C=O) groups excluding carboxylic acids is 1. The van der Waals surface area contributed by atoms with Crippen molar-refractivity contribution in [1.82, 2.24) is 10.6 Å². The second-order valence-corrected chi connectivity index (χ2v) is 7.01. The van der Waals surface area contributed by atoms with E-state index in [0.29, 0.717) is 17.7 Å². The molecule has 1 amide bonds. The van der Waals surface area contributed by atoms with Crippen molar-refractivity contribution in [2.75, 3.05) is 18.8 Å². The van der Waals surface area contributed by atoms with Crippen LogP contribution in [0.3, 0.4) is 0 Å². The summed E-state index contributed by atoms with van der Waals surface area (Å²) >= 11 is 2.01. The average Bonchev–Trinajstić information content (AvgIpc) is 2.99. The third-order valence-electron chi connectivity index (χ3n) is 4.12. The average molecular weight is 307 g/mol. The first kappa shape index (κ1) is 17.1. The standard InChI is InChI=1S/C14H26N2OS.ClH/c1-2-18-13-5-3-4-12(13)16-14(17)7-6-11-8-9-15-10-11;/h11-13,15H,2-10H2,1H3,(H,16,17);1H. The quantitative estimate of drug-likeness (QED) is 0.792. The van der Waals surface area contributed by atoms with Crippen molar-refractivity contribution in [3.63, 3.8) is 0 Å². The van der Waals surface area contributed by atoms with Crippen molar-refractivity contribution >= 4 is 30.1 Å². The van der Waals surface area contributed by atoms with E-state index >= 15 is 0 Å². The molecule has 3 nitrogen and oxygen atoms in total. The predicted octanol–water partition coefficient (Wildman–Crippen LogP) is 2.59. The maximum Gasteiger partial charge on any atom is 0.220 e. The molecule has 2 N–H and O–H groups in total. The molecule has 0 radical (unpaired) electrons. The van der Waals surface area contributed by atoms with E-state index < -0.39 is 0 Å². The highest BCUT2D eigenvalue weighted by Crippen LogP contribution is 2.30. The van der Waals surface area contributed by atoms with Gasteiger partial charge in [0, 0.05) is 17.7 Å². The molecule has 2 fully saturated rings. The SMILES string of the molecule is CCSC1CCCC1NC(=O)CCC1CCNC1.Cl. The summed E-state index contributed by atoms with van der Waals surface area (Å²) < 4.78 is 0. The van der Waals surface area contributed by atoms with E-state index in [9.17, 15) is 4.79 Å². The summed E-state index contributed by atoms with van der Waals surface area (Å²) in [6, 6.07) is 0.434. The molecule has 2 aliphatic rings. The number of hydrogen-bond donors (Lipinski definition) is 2. The van der Waals surface area contributed by atoms with Crippen LogP contribution in [0, 0.1) is 5.92 Å². The second-order valence-electron chi connectivity index (χ2n) is 5.50. The molecule has 3 unspecified atom stereocenters. The largest absolute Gasteiger partial charge is 0.352 e. The summed E-state index contributed by atoms with van der Waals surface area (Å²) in [5.41, 5.74) is 0. The van der Waals surface area contributed by atoms with Gasteiger partial charge in [-0.2, -0.15) is 11.8 Å². The highest BCUT2D eigenvalue weighted by atomic mass is 35.5. The molecule has 1 aliphatic heterocycles. The minimum atomic E-state index is 0. The highest BCUT2D eigenvalue weighted by Gasteiger charge is 2.28. The summed E-state index contributed by atoms with van der Waals surface area (Å²) in [4.78, 5) is 12.0. The molecule has 5 heteroatoms. The maximum absolute atomic E-state index is 12.0. The molecule has 0 spiro atoms. The Morgan fingerprint density at radius 3 is 2.89 bits per heavy atom.